The molecule has 0 spiro atoms. The molecule has 11 nitrogen and oxygen atoms in total. The average molecular weight is 439 g/mol. The fourth-order valence-electron chi connectivity index (χ4n) is 3.12. The Hall–Kier alpha value is -4.41. The second-order valence-corrected chi connectivity index (χ2v) is 7.20. The smallest absolute Gasteiger partial charge is 0.322 e. The Morgan fingerprint density at radius 3 is 2.38 bits per heavy atom. The Kier molecular flexibility index (Phi) is 5.83. The summed E-state index contributed by atoms with van der Waals surface area (Å²) in [5, 5.41) is 21.0. The van der Waals surface area contributed by atoms with Gasteiger partial charge in [-0.05, 0) is 31.2 Å². The van der Waals surface area contributed by atoms with Crippen LogP contribution in [0.15, 0.2) is 42.5 Å². The zero-order chi connectivity index (χ0) is 23.6. The van der Waals surface area contributed by atoms with Crippen molar-refractivity contribution in [1.82, 2.24) is 5.32 Å². The fourth-order valence-corrected chi connectivity index (χ4v) is 3.12. The lowest BCUT2D eigenvalue weighted by molar-refractivity contribution is -0.150. The van der Waals surface area contributed by atoms with Crippen LogP contribution in [0.1, 0.15) is 22.8 Å². The van der Waals surface area contributed by atoms with Crippen LogP contribution < -0.4 is 26.0 Å². The van der Waals surface area contributed by atoms with Crippen LogP contribution in [0.2, 0.25) is 0 Å². The third-order valence-corrected chi connectivity index (χ3v) is 4.90. The number of nitrogens with two attached hydrogens (primary N) is 1. The van der Waals surface area contributed by atoms with Gasteiger partial charge in [0.15, 0.2) is 0 Å². The van der Waals surface area contributed by atoms with Crippen molar-refractivity contribution in [2.24, 2.45) is 5.73 Å². The number of hydrogen-bond donors (Lipinski definition) is 5. The van der Waals surface area contributed by atoms with Gasteiger partial charge in [0.25, 0.3) is 23.3 Å². The number of anilines is 2. The molecule has 0 aromatic heterocycles. The quantitative estimate of drug-likeness (QED) is 0.248. The van der Waals surface area contributed by atoms with Crippen molar-refractivity contribution < 1.29 is 29.0 Å². The van der Waals surface area contributed by atoms with Crippen molar-refractivity contribution >= 4 is 40.9 Å². The van der Waals surface area contributed by atoms with E-state index < -0.39 is 35.8 Å². The van der Waals surface area contributed by atoms with Crippen molar-refractivity contribution in [3.05, 3.63) is 53.6 Å². The number of carbonyl (C=O) groups excluding carboxylic acids is 3. The molecule has 11 heteroatoms. The number of amides is 3. The SMILES string of the molecule is CN1C(=O)C(C)(C(=O)NCC(=O)O)Oc2cc(NC(=O)c3ccc(C(=N)N)cc3)ccc21. The first kappa shape index (κ1) is 22.3. The molecule has 2 aromatic carbocycles. The van der Waals surface area contributed by atoms with E-state index in [-0.39, 0.29) is 11.6 Å². The highest BCUT2D eigenvalue weighted by Crippen LogP contribution is 2.39. The minimum Gasteiger partial charge on any atom is -0.480 e. The number of rotatable bonds is 6. The summed E-state index contributed by atoms with van der Waals surface area (Å²) in [5.74, 6) is -3.22. The van der Waals surface area contributed by atoms with Crippen LogP contribution in [0.3, 0.4) is 0 Å². The molecule has 1 aliphatic heterocycles. The zero-order valence-corrected chi connectivity index (χ0v) is 17.3. The summed E-state index contributed by atoms with van der Waals surface area (Å²) in [5.41, 5.74) is 4.97. The summed E-state index contributed by atoms with van der Waals surface area (Å²) < 4.78 is 5.68. The van der Waals surface area contributed by atoms with Gasteiger partial charge in [-0.3, -0.25) is 24.6 Å². The van der Waals surface area contributed by atoms with Gasteiger partial charge in [0.05, 0.1) is 5.69 Å². The second-order valence-electron chi connectivity index (χ2n) is 7.20. The Balaban J connectivity index is 1.83. The highest BCUT2D eigenvalue weighted by Gasteiger charge is 2.49. The number of nitrogen functional groups attached to an aromatic ring is 1. The maximum atomic E-state index is 12.7. The van der Waals surface area contributed by atoms with E-state index in [1.54, 1.807) is 24.3 Å². The van der Waals surface area contributed by atoms with E-state index in [9.17, 15) is 19.2 Å². The molecule has 0 saturated carbocycles. The Bertz CT molecular complexity index is 1130. The van der Waals surface area contributed by atoms with Crippen LogP contribution in [0.4, 0.5) is 11.4 Å². The van der Waals surface area contributed by atoms with Gasteiger partial charge in [-0.1, -0.05) is 12.1 Å². The van der Waals surface area contributed by atoms with E-state index in [1.165, 1.54) is 37.1 Å². The van der Waals surface area contributed by atoms with Gasteiger partial charge in [-0.25, -0.2) is 0 Å². The first-order chi connectivity index (χ1) is 15.0. The third-order valence-electron chi connectivity index (χ3n) is 4.90. The van der Waals surface area contributed by atoms with E-state index in [2.05, 4.69) is 10.6 Å². The van der Waals surface area contributed by atoms with E-state index in [1.807, 2.05) is 0 Å². The molecule has 0 aliphatic carbocycles. The number of likely N-dealkylation sites (N-methyl/N-ethyl adjacent to an activating group) is 1. The van der Waals surface area contributed by atoms with E-state index in [4.69, 9.17) is 21.0 Å². The van der Waals surface area contributed by atoms with Gasteiger partial charge in [-0.15, -0.1) is 0 Å². The van der Waals surface area contributed by atoms with Gasteiger partial charge < -0.3 is 31.1 Å². The van der Waals surface area contributed by atoms with Crippen molar-refractivity contribution in [1.29, 1.82) is 5.41 Å². The molecule has 6 N–H and O–H groups in total. The summed E-state index contributed by atoms with van der Waals surface area (Å²) in [6, 6.07) is 10.7. The summed E-state index contributed by atoms with van der Waals surface area (Å²) in [4.78, 5) is 49.7. The van der Waals surface area contributed by atoms with Gasteiger partial charge in [0.2, 0.25) is 0 Å². The Labute approximate surface area is 182 Å². The van der Waals surface area contributed by atoms with Crippen LogP contribution in [-0.4, -0.2) is 53.8 Å². The number of ether oxygens (including phenoxy) is 1. The van der Waals surface area contributed by atoms with Gasteiger partial charge >= 0.3 is 5.97 Å². The maximum Gasteiger partial charge on any atom is 0.322 e. The van der Waals surface area contributed by atoms with Crippen LogP contribution >= 0.6 is 0 Å². The van der Waals surface area contributed by atoms with Crippen molar-refractivity contribution in [3.8, 4) is 5.75 Å². The number of aliphatic carboxylic acids is 1. The van der Waals surface area contributed by atoms with Crippen molar-refractivity contribution in [2.75, 3.05) is 23.8 Å². The number of carbonyl (C=O) groups is 4. The molecule has 0 fully saturated rings. The highest BCUT2D eigenvalue weighted by molar-refractivity contribution is 6.16. The van der Waals surface area contributed by atoms with Crippen molar-refractivity contribution in [2.45, 2.75) is 12.5 Å². The van der Waals surface area contributed by atoms with E-state index >= 15 is 0 Å². The minimum atomic E-state index is -1.98. The number of nitrogens with one attached hydrogen (secondary N) is 3. The fraction of sp³-hybridized carbons (Fsp3) is 0.190. The standard InChI is InChI=1S/C21H21N5O6/c1-21(19(30)24-10-16(27)28)20(31)26(2)14-8-7-13(9-15(14)32-21)25-18(29)12-5-3-11(4-6-12)17(22)23/h3-9H,10H2,1-2H3,(H3,22,23)(H,24,30)(H,25,29)(H,27,28). The first-order valence-corrected chi connectivity index (χ1v) is 9.40. The number of carboxylic acids is 1. The van der Waals surface area contributed by atoms with Crippen LogP contribution in [0.25, 0.3) is 0 Å². The molecule has 2 aromatic rings. The molecule has 1 atom stereocenters. The molecule has 1 unspecified atom stereocenters. The molecule has 0 radical (unpaired) electrons. The lowest BCUT2D eigenvalue weighted by atomic mass is 10.00. The molecule has 3 rings (SSSR count). The first-order valence-electron chi connectivity index (χ1n) is 9.40. The molecule has 166 valence electrons. The monoisotopic (exact) mass is 439 g/mol. The van der Waals surface area contributed by atoms with Gasteiger partial charge in [0, 0.05) is 29.9 Å². The number of fused-ring (bicyclic) bond motifs is 1. The average Bonchev–Trinajstić information content (AvgIpc) is 2.75. The molecule has 1 aliphatic rings. The maximum absolute atomic E-state index is 12.7. The number of amidine groups is 1. The summed E-state index contributed by atoms with van der Waals surface area (Å²) in [6.07, 6.45) is 0. The lowest BCUT2D eigenvalue weighted by Crippen LogP contribution is -2.61. The molecule has 1 heterocycles. The van der Waals surface area contributed by atoms with Crippen molar-refractivity contribution in [3.63, 3.8) is 0 Å². The highest BCUT2D eigenvalue weighted by atomic mass is 16.5. The van der Waals surface area contributed by atoms with Gasteiger partial charge in [0.1, 0.15) is 18.1 Å². The summed E-state index contributed by atoms with van der Waals surface area (Å²) in [6.45, 7) is 0.577. The Morgan fingerprint density at radius 1 is 1.16 bits per heavy atom. The third kappa shape index (κ3) is 4.21. The number of carboxylic acid groups (broad SMARTS) is 1. The molecule has 0 saturated heterocycles. The number of nitrogens with zero attached hydrogens (tertiary/aromatic N) is 1. The molecular weight excluding hydrogens is 418 g/mol. The normalized spacial score (nSPS) is 17.1. The topological polar surface area (TPSA) is 175 Å². The minimum absolute atomic E-state index is 0.113. The molecule has 32 heavy (non-hydrogen) atoms. The summed E-state index contributed by atoms with van der Waals surface area (Å²) in [7, 11) is 1.46. The largest absolute Gasteiger partial charge is 0.480 e. The molecule has 3 amide bonds. The van der Waals surface area contributed by atoms with Gasteiger partial charge in [-0.2, -0.15) is 0 Å². The zero-order valence-electron chi connectivity index (χ0n) is 17.3. The van der Waals surface area contributed by atoms with Crippen LogP contribution in [-0.2, 0) is 14.4 Å². The predicted octanol–water partition coefficient (Wildman–Crippen LogP) is 0.538. The second kappa shape index (κ2) is 8.38. The summed E-state index contributed by atoms with van der Waals surface area (Å²) >= 11 is 0. The number of benzene rings is 2. The predicted molar refractivity (Wildman–Crippen MR) is 115 cm³/mol. The molecule has 0 bridgehead atoms. The van der Waals surface area contributed by atoms with Crippen LogP contribution in [0.5, 0.6) is 5.75 Å². The lowest BCUT2D eigenvalue weighted by Gasteiger charge is -2.37. The molecular formula is C21H21N5O6. The van der Waals surface area contributed by atoms with Crippen LogP contribution in [0, 0.1) is 5.41 Å². The van der Waals surface area contributed by atoms with E-state index in [0.717, 1.165) is 0 Å². The van der Waals surface area contributed by atoms with E-state index in [0.29, 0.717) is 22.5 Å². The number of hydrogen-bond acceptors (Lipinski definition) is 6. The Morgan fingerprint density at radius 2 is 1.78 bits per heavy atom.